The Labute approximate surface area is 342 Å². The molecule has 0 aliphatic heterocycles. The fraction of sp³-hybridized carbons (Fsp3) is 0.143. The number of benzene rings is 2. The van der Waals surface area contributed by atoms with E-state index in [0.717, 1.165) is 16.9 Å². The number of nitrogens with zero attached hydrogens (tertiary/aromatic N) is 7. The van der Waals surface area contributed by atoms with E-state index in [2.05, 4.69) is 20.3 Å². The summed E-state index contributed by atoms with van der Waals surface area (Å²) >= 11 is 2.79. The van der Waals surface area contributed by atoms with Crippen LogP contribution in [-0.4, -0.2) is 87.1 Å². The number of fused-ring (bicyclic) bond motifs is 1. The van der Waals surface area contributed by atoms with Gasteiger partial charge in [-0.3, -0.25) is 29.1 Å². The first-order valence-electron chi connectivity index (χ1n) is 17.6. The minimum Gasteiger partial charge on any atom is -0.383 e. The van der Waals surface area contributed by atoms with Crippen LogP contribution in [-0.2, 0) is 9.59 Å². The van der Waals surface area contributed by atoms with Gasteiger partial charge in [0.1, 0.15) is 5.82 Å². The van der Waals surface area contributed by atoms with Crippen molar-refractivity contribution in [2.45, 2.75) is 13.8 Å². The molecule has 58 heavy (non-hydrogen) atoms. The SMILES string of the molecule is CC(=O)N(C)c1cccc(-c2ccnc3c(C(=O)c4cccs4)cnn23)c1.CC(=O)N(C)c1cccc(C(=O)/C=C\N(C)C)c1.Nc1[nH]ncc1C(=O)c1cccs1. The number of H-pyrrole nitrogens is 1. The minimum absolute atomic E-state index is 0.0463. The highest BCUT2D eigenvalue weighted by Crippen LogP contribution is 2.27. The number of ketones is 3. The third-order valence-corrected chi connectivity index (χ3v) is 10.3. The number of aromatic nitrogens is 5. The molecule has 0 spiro atoms. The number of carbonyl (C=O) groups is 5. The number of thiophene rings is 2. The number of anilines is 3. The molecule has 0 unspecified atom stereocenters. The molecule has 16 heteroatoms. The highest BCUT2D eigenvalue weighted by molar-refractivity contribution is 7.12. The van der Waals surface area contributed by atoms with Crippen molar-refractivity contribution in [3.8, 4) is 11.3 Å². The first kappa shape index (κ1) is 42.1. The zero-order valence-electron chi connectivity index (χ0n) is 32.6. The number of aromatic amines is 1. The van der Waals surface area contributed by atoms with Crippen molar-refractivity contribution in [2.24, 2.45) is 0 Å². The van der Waals surface area contributed by atoms with Crippen LogP contribution >= 0.6 is 22.7 Å². The van der Waals surface area contributed by atoms with Crippen LogP contribution in [0.5, 0.6) is 0 Å². The molecule has 0 aliphatic rings. The second kappa shape index (κ2) is 19.2. The van der Waals surface area contributed by atoms with Crippen molar-refractivity contribution < 1.29 is 24.0 Å². The summed E-state index contributed by atoms with van der Waals surface area (Å²) in [5.74, 6) is -0.0461. The van der Waals surface area contributed by atoms with Crippen molar-refractivity contribution in [3.63, 3.8) is 0 Å². The van der Waals surface area contributed by atoms with E-state index in [1.165, 1.54) is 53.7 Å². The largest absolute Gasteiger partial charge is 0.383 e. The maximum Gasteiger partial charge on any atom is 0.223 e. The molecule has 0 aliphatic carbocycles. The molecule has 7 aromatic rings. The standard InChI is InChI=1S/C20H16N4O2S.C14H18N2O2.C8H7N3OS/c1-13(25)23(2)15-6-3-5-14(11-15)17-8-9-21-20-16(12-22-24(17)20)19(26)18-7-4-10-27-18;1-11(17)16(4)13-7-5-6-12(10-13)14(18)8-9-15(2)3;9-8-5(4-10-11-8)7(12)6-2-1-3-13-6/h3-12H,1-2H3;5-10H,1-4H3;1-4H,(H3,9,10,11)/b;9-8-;. The van der Waals surface area contributed by atoms with Crippen molar-refractivity contribution >= 4 is 74.7 Å². The van der Waals surface area contributed by atoms with Gasteiger partial charge in [-0.1, -0.05) is 36.4 Å². The maximum atomic E-state index is 12.7. The van der Waals surface area contributed by atoms with Crippen LogP contribution in [0.25, 0.3) is 16.9 Å². The van der Waals surface area contributed by atoms with Crippen LogP contribution in [0.15, 0.2) is 120 Å². The molecule has 3 N–H and O–H groups in total. The fourth-order valence-electron chi connectivity index (χ4n) is 5.25. The summed E-state index contributed by atoms with van der Waals surface area (Å²) in [6.45, 7) is 3.01. The van der Waals surface area contributed by atoms with Crippen LogP contribution in [0.3, 0.4) is 0 Å². The smallest absolute Gasteiger partial charge is 0.223 e. The normalized spacial score (nSPS) is 10.6. The molecule has 7 rings (SSSR count). The number of allylic oxidation sites excluding steroid dienone is 1. The Bertz CT molecular complexity index is 2570. The first-order chi connectivity index (χ1) is 27.8. The fourth-order valence-corrected chi connectivity index (χ4v) is 6.60. The molecular formula is C42H41N9O5S2. The Kier molecular flexibility index (Phi) is 13.9. The quantitative estimate of drug-likeness (QED) is 0.109. The van der Waals surface area contributed by atoms with E-state index in [1.807, 2.05) is 67.3 Å². The lowest BCUT2D eigenvalue weighted by molar-refractivity contribution is -0.117. The van der Waals surface area contributed by atoms with E-state index < -0.39 is 0 Å². The summed E-state index contributed by atoms with van der Waals surface area (Å²) in [7, 11) is 7.12. The van der Waals surface area contributed by atoms with E-state index in [-0.39, 0.29) is 29.2 Å². The molecule has 296 valence electrons. The summed E-state index contributed by atoms with van der Waals surface area (Å²) < 4.78 is 1.66. The summed E-state index contributed by atoms with van der Waals surface area (Å²) in [5.41, 5.74) is 10.7. The van der Waals surface area contributed by atoms with Crippen molar-refractivity contribution in [3.05, 3.63) is 147 Å². The number of hydrogen-bond donors (Lipinski definition) is 2. The number of nitrogens with one attached hydrogen (secondary N) is 1. The van der Waals surface area contributed by atoms with Gasteiger partial charge < -0.3 is 20.4 Å². The van der Waals surface area contributed by atoms with Gasteiger partial charge in [0, 0.05) is 83.0 Å². The number of carbonyl (C=O) groups excluding carboxylic acids is 5. The van der Waals surface area contributed by atoms with E-state index in [1.54, 1.807) is 83.4 Å². The lowest BCUT2D eigenvalue weighted by Crippen LogP contribution is -2.22. The monoisotopic (exact) mass is 815 g/mol. The Morgan fingerprint density at radius 1 is 0.741 bits per heavy atom. The predicted molar refractivity (Wildman–Crippen MR) is 229 cm³/mol. The van der Waals surface area contributed by atoms with Crippen LogP contribution in [0.4, 0.5) is 17.2 Å². The summed E-state index contributed by atoms with van der Waals surface area (Å²) in [6, 6.07) is 23.7. The topological polar surface area (TPSA) is 180 Å². The average Bonchev–Trinajstić information content (AvgIpc) is 4.08. The van der Waals surface area contributed by atoms with Gasteiger partial charge in [-0.2, -0.15) is 10.2 Å². The highest BCUT2D eigenvalue weighted by atomic mass is 32.1. The molecule has 2 amide bonds. The number of nitrogens with two attached hydrogens (primary N) is 1. The van der Waals surface area contributed by atoms with E-state index >= 15 is 0 Å². The van der Waals surface area contributed by atoms with Crippen molar-refractivity contribution in [1.29, 1.82) is 0 Å². The molecule has 0 saturated heterocycles. The molecule has 0 bridgehead atoms. The van der Waals surface area contributed by atoms with Crippen LogP contribution in [0.2, 0.25) is 0 Å². The van der Waals surface area contributed by atoms with Crippen LogP contribution in [0.1, 0.15) is 54.7 Å². The van der Waals surface area contributed by atoms with Gasteiger partial charge >= 0.3 is 0 Å². The third kappa shape index (κ3) is 10.2. The molecule has 0 saturated carbocycles. The molecular weight excluding hydrogens is 775 g/mol. The van der Waals surface area contributed by atoms with Gasteiger partial charge in [0.05, 0.1) is 39.0 Å². The lowest BCUT2D eigenvalue weighted by atomic mass is 10.1. The summed E-state index contributed by atoms with van der Waals surface area (Å²) in [5, 5.41) is 14.3. The summed E-state index contributed by atoms with van der Waals surface area (Å²) in [4.78, 5) is 69.8. The lowest BCUT2D eigenvalue weighted by Gasteiger charge is -2.16. The summed E-state index contributed by atoms with van der Waals surface area (Å²) in [6.07, 6.45) is 7.87. The Balaban J connectivity index is 0.000000179. The number of rotatable bonds is 10. The van der Waals surface area contributed by atoms with Gasteiger partial charge in [-0.05, 0) is 53.2 Å². The zero-order valence-corrected chi connectivity index (χ0v) is 34.2. The van der Waals surface area contributed by atoms with E-state index in [4.69, 9.17) is 5.73 Å². The highest BCUT2D eigenvalue weighted by Gasteiger charge is 2.19. The van der Waals surface area contributed by atoms with Gasteiger partial charge in [-0.25, -0.2) is 9.50 Å². The minimum atomic E-state index is -0.0882. The van der Waals surface area contributed by atoms with Gasteiger partial charge in [0.25, 0.3) is 0 Å². The number of nitrogen functional groups attached to an aromatic ring is 1. The molecule has 0 atom stereocenters. The number of amides is 2. The Morgan fingerprint density at radius 2 is 1.34 bits per heavy atom. The van der Waals surface area contributed by atoms with Crippen LogP contribution in [0, 0.1) is 0 Å². The van der Waals surface area contributed by atoms with Crippen LogP contribution < -0.4 is 15.5 Å². The zero-order chi connectivity index (χ0) is 41.9. The van der Waals surface area contributed by atoms with Crippen molar-refractivity contribution in [2.75, 3.05) is 43.7 Å². The second-order valence-corrected chi connectivity index (χ2v) is 14.7. The molecule has 0 radical (unpaired) electrons. The average molecular weight is 816 g/mol. The predicted octanol–water partition coefficient (Wildman–Crippen LogP) is 6.88. The number of hydrogen-bond acceptors (Lipinski definition) is 12. The van der Waals surface area contributed by atoms with Gasteiger partial charge in [0.15, 0.2) is 11.4 Å². The second-order valence-electron chi connectivity index (χ2n) is 12.8. The van der Waals surface area contributed by atoms with E-state index in [9.17, 15) is 24.0 Å². The van der Waals surface area contributed by atoms with Crippen molar-refractivity contribution in [1.82, 2.24) is 29.7 Å². The first-order valence-corrected chi connectivity index (χ1v) is 19.4. The van der Waals surface area contributed by atoms with Gasteiger partial charge in [-0.15, -0.1) is 22.7 Å². The van der Waals surface area contributed by atoms with E-state index in [0.29, 0.717) is 43.6 Å². The Hall–Kier alpha value is -7.04. The molecule has 2 aromatic carbocycles. The molecule has 5 heterocycles. The maximum absolute atomic E-state index is 12.7. The third-order valence-electron chi connectivity index (χ3n) is 8.57. The van der Waals surface area contributed by atoms with Gasteiger partial charge in [0.2, 0.25) is 23.4 Å². The molecule has 0 fully saturated rings. The Morgan fingerprint density at radius 3 is 1.90 bits per heavy atom. The molecule has 5 aromatic heterocycles. The molecule has 14 nitrogen and oxygen atoms in total.